The Hall–Kier alpha value is -2.82. The van der Waals surface area contributed by atoms with Gasteiger partial charge in [0, 0.05) is 23.2 Å². The minimum Gasteiger partial charge on any atom is -0.467 e. The molecule has 2 aliphatic rings. The standard InChI is InChI=1S/C24H26N4O2S/c1-15-16(2)28(13-18-4-3-10-30-18)24(20(15)12-25)26-22(29)14-27-9-7-21-19(8-11-31-21)23(27)17-5-6-17/h3-4,8,10-11,17,23H,5-7,9,13-14H2,1-2H3,(H,26,29). The molecule has 1 aliphatic heterocycles. The first-order valence-electron chi connectivity index (χ1n) is 10.8. The van der Waals surface area contributed by atoms with Crippen LogP contribution in [-0.4, -0.2) is 28.5 Å². The SMILES string of the molecule is Cc1c(C#N)c(NC(=O)CN2CCc3sccc3C2C2CC2)n(Cc2ccco2)c1C. The van der Waals surface area contributed by atoms with E-state index in [4.69, 9.17) is 4.42 Å². The molecule has 0 spiro atoms. The van der Waals surface area contributed by atoms with E-state index in [0.29, 0.717) is 36.4 Å². The molecule has 0 radical (unpaired) electrons. The van der Waals surface area contributed by atoms with Gasteiger partial charge >= 0.3 is 0 Å². The molecule has 3 aromatic heterocycles. The summed E-state index contributed by atoms with van der Waals surface area (Å²) in [4.78, 5) is 17.0. The summed E-state index contributed by atoms with van der Waals surface area (Å²) in [5.74, 6) is 1.94. The molecule has 1 aliphatic carbocycles. The van der Waals surface area contributed by atoms with Gasteiger partial charge in [-0.1, -0.05) is 0 Å². The second-order valence-electron chi connectivity index (χ2n) is 8.56. The van der Waals surface area contributed by atoms with Crippen molar-refractivity contribution in [1.82, 2.24) is 9.47 Å². The number of hydrogen-bond acceptors (Lipinski definition) is 5. The molecular weight excluding hydrogens is 408 g/mol. The number of nitrogens with zero attached hydrogens (tertiary/aromatic N) is 3. The molecule has 5 rings (SSSR count). The Balaban J connectivity index is 1.38. The van der Waals surface area contributed by atoms with Crippen molar-refractivity contribution in [3.05, 3.63) is 62.9 Å². The second kappa shape index (κ2) is 8.03. The van der Waals surface area contributed by atoms with Crippen LogP contribution in [0.15, 0.2) is 34.3 Å². The lowest BCUT2D eigenvalue weighted by Crippen LogP contribution is -2.41. The lowest BCUT2D eigenvalue weighted by atomic mass is 9.96. The Kier molecular flexibility index (Phi) is 5.20. The van der Waals surface area contributed by atoms with E-state index < -0.39 is 0 Å². The number of rotatable bonds is 6. The monoisotopic (exact) mass is 434 g/mol. The van der Waals surface area contributed by atoms with E-state index in [9.17, 15) is 10.1 Å². The molecule has 3 aromatic rings. The topological polar surface area (TPSA) is 74.2 Å². The molecular formula is C24H26N4O2S. The quantitative estimate of drug-likeness (QED) is 0.614. The zero-order valence-electron chi connectivity index (χ0n) is 17.9. The van der Waals surface area contributed by atoms with Crippen LogP contribution in [0.3, 0.4) is 0 Å². The van der Waals surface area contributed by atoms with Gasteiger partial charge in [-0.15, -0.1) is 11.3 Å². The summed E-state index contributed by atoms with van der Waals surface area (Å²) in [6, 6.07) is 8.61. The van der Waals surface area contributed by atoms with Gasteiger partial charge in [0.1, 0.15) is 17.6 Å². The number of carbonyl (C=O) groups is 1. The number of nitrogens with one attached hydrogen (secondary N) is 1. The number of amides is 1. The van der Waals surface area contributed by atoms with Crippen molar-refractivity contribution < 1.29 is 9.21 Å². The minimum absolute atomic E-state index is 0.0703. The van der Waals surface area contributed by atoms with Crippen LogP contribution in [0.4, 0.5) is 5.82 Å². The molecule has 0 bridgehead atoms. The third kappa shape index (κ3) is 3.71. The Bertz CT molecular complexity index is 1150. The number of hydrogen-bond donors (Lipinski definition) is 1. The zero-order chi connectivity index (χ0) is 21.5. The lowest BCUT2D eigenvalue weighted by Gasteiger charge is -2.35. The van der Waals surface area contributed by atoms with Gasteiger partial charge in [0.25, 0.3) is 0 Å². The molecule has 1 saturated carbocycles. The number of carbonyl (C=O) groups excluding carboxylic acids is 1. The number of anilines is 1. The van der Waals surface area contributed by atoms with Crippen LogP contribution < -0.4 is 5.32 Å². The molecule has 1 N–H and O–H groups in total. The number of aromatic nitrogens is 1. The van der Waals surface area contributed by atoms with Crippen LogP contribution in [0.1, 0.15) is 51.9 Å². The van der Waals surface area contributed by atoms with Crippen molar-refractivity contribution in [3.63, 3.8) is 0 Å². The average Bonchev–Trinajstić information content (AvgIpc) is 3.17. The van der Waals surface area contributed by atoms with Gasteiger partial charge in [0.2, 0.25) is 5.91 Å². The van der Waals surface area contributed by atoms with Crippen LogP contribution in [-0.2, 0) is 17.8 Å². The summed E-state index contributed by atoms with van der Waals surface area (Å²) in [7, 11) is 0. The lowest BCUT2D eigenvalue weighted by molar-refractivity contribution is -0.118. The summed E-state index contributed by atoms with van der Waals surface area (Å²) < 4.78 is 7.47. The maximum atomic E-state index is 13.2. The molecule has 160 valence electrons. The van der Waals surface area contributed by atoms with E-state index in [1.165, 1.54) is 23.3 Å². The predicted octanol–water partition coefficient (Wildman–Crippen LogP) is 4.63. The highest BCUT2D eigenvalue weighted by Crippen LogP contribution is 2.48. The molecule has 7 heteroatoms. The van der Waals surface area contributed by atoms with E-state index in [1.807, 2.05) is 41.9 Å². The van der Waals surface area contributed by atoms with Gasteiger partial charge in [-0.05, 0) is 73.7 Å². The summed E-state index contributed by atoms with van der Waals surface area (Å²) in [5, 5.41) is 15.0. The van der Waals surface area contributed by atoms with E-state index in [-0.39, 0.29) is 5.91 Å². The fraction of sp³-hybridized carbons (Fsp3) is 0.417. The highest BCUT2D eigenvalue weighted by Gasteiger charge is 2.40. The smallest absolute Gasteiger partial charge is 0.239 e. The molecule has 6 nitrogen and oxygen atoms in total. The number of nitriles is 1. The first kappa shape index (κ1) is 20.1. The molecule has 1 atom stereocenters. The van der Waals surface area contributed by atoms with Crippen molar-refractivity contribution in [1.29, 1.82) is 5.26 Å². The fourth-order valence-corrected chi connectivity index (χ4v) is 5.70. The molecule has 0 saturated heterocycles. The molecule has 0 aromatic carbocycles. The maximum absolute atomic E-state index is 13.2. The zero-order valence-corrected chi connectivity index (χ0v) is 18.7. The summed E-state index contributed by atoms with van der Waals surface area (Å²) in [6.45, 7) is 5.61. The summed E-state index contributed by atoms with van der Waals surface area (Å²) in [6.07, 6.45) is 5.11. The number of fused-ring (bicyclic) bond motifs is 1. The molecule has 1 amide bonds. The van der Waals surface area contributed by atoms with Gasteiger partial charge in [0.05, 0.1) is 24.9 Å². The first-order chi connectivity index (χ1) is 15.1. The van der Waals surface area contributed by atoms with Gasteiger partial charge in [0.15, 0.2) is 0 Å². The van der Waals surface area contributed by atoms with Crippen LogP contribution in [0.25, 0.3) is 0 Å². The first-order valence-corrected chi connectivity index (χ1v) is 11.7. The highest BCUT2D eigenvalue weighted by atomic mass is 32.1. The second-order valence-corrected chi connectivity index (χ2v) is 9.56. The fourth-order valence-electron chi connectivity index (χ4n) is 4.78. The van der Waals surface area contributed by atoms with Gasteiger partial charge < -0.3 is 14.3 Å². The summed E-state index contributed by atoms with van der Waals surface area (Å²) >= 11 is 1.84. The van der Waals surface area contributed by atoms with Gasteiger partial charge in [-0.25, -0.2) is 0 Å². The van der Waals surface area contributed by atoms with Crippen LogP contribution in [0, 0.1) is 31.1 Å². The minimum atomic E-state index is -0.0703. The van der Waals surface area contributed by atoms with Crippen molar-refractivity contribution in [3.8, 4) is 6.07 Å². The molecule has 1 unspecified atom stereocenters. The number of furan rings is 1. The van der Waals surface area contributed by atoms with Gasteiger partial charge in [-0.2, -0.15) is 5.26 Å². The van der Waals surface area contributed by atoms with Crippen LogP contribution >= 0.6 is 11.3 Å². The van der Waals surface area contributed by atoms with Crippen LogP contribution in [0.2, 0.25) is 0 Å². The van der Waals surface area contributed by atoms with Crippen molar-refractivity contribution in [2.24, 2.45) is 5.92 Å². The maximum Gasteiger partial charge on any atom is 0.239 e. The third-order valence-electron chi connectivity index (χ3n) is 6.63. The van der Waals surface area contributed by atoms with E-state index >= 15 is 0 Å². The molecule has 31 heavy (non-hydrogen) atoms. The number of thiophene rings is 1. The Labute approximate surface area is 186 Å². The average molecular weight is 435 g/mol. The normalized spacial score (nSPS) is 18.5. The van der Waals surface area contributed by atoms with Crippen LogP contribution in [0.5, 0.6) is 0 Å². The van der Waals surface area contributed by atoms with Gasteiger partial charge in [-0.3, -0.25) is 9.69 Å². The third-order valence-corrected chi connectivity index (χ3v) is 7.62. The van der Waals surface area contributed by atoms with Crippen molar-refractivity contribution in [2.75, 3.05) is 18.4 Å². The van der Waals surface area contributed by atoms with E-state index in [2.05, 4.69) is 27.7 Å². The molecule has 4 heterocycles. The predicted molar refractivity (Wildman–Crippen MR) is 120 cm³/mol. The van der Waals surface area contributed by atoms with Crippen molar-refractivity contribution in [2.45, 2.75) is 45.7 Å². The van der Waals surface area contributed by atoms with E-state index in [1.54, 1.807) is 6.26 Å². The Morgan fingerprint density at radius 3 is 2.90 bits per heavy atom. The Morgan fingerprint density at radius 1 is 1.35 bits per heavy atom. The van der Waals surface area contributed by atoms with Crippen molar-refractivity contribution >= 4 is 23.1 Å². The highest BCUT2D eigenvalue weighted by molar-refractivity contribution is 7.10. The Morgan fingerprint density at radius 2 is 2.19 bits per heavy atom. The van der Waals surface area contributed by atoms with E-state index in [0.717, 1.165) is 30.0 Å². The molecule has 1 fully saturated rings. The summed E-state index contributed by atoms with van der Waals surface area (Å²) in [5.41, 5.74) is 3.79. The largest absolute Gasteiger partial charge is 0.467 e.